The van der Waals surface area contributed by atoms with Crippen molar-refractivity contribution in [2.24, 2.45) is 0 Å². The molecule has 0 spiro atoms. The first-order chi connectivity index (χ1) is 5.41. The fraction of sp³-hybridized carbons (Fsp3) is 0.875. The van der Waals surface area contributed by atoms with Crippen molar-refractivity contribution in [1.29, 1.82) is 0 Å². The molecule has 0 aromatic rings. The molecular formula is C8H17BN2O. The van der Waals surface area contributed by atoms with E-state index in [2.05, 4.69) is 25.7 Å². The first kappa shape index (κ1) is 9.58. The Kier molecular flexibility index (Phi) is 2.47. The Morgan fingerprint density at radius 2 is 1.92 bits per heavy atom. The average molecular weight is 168 g/mol. The Morgan fingerprint density at radius 1 is 1.33 bits per heavy atom. The summed E-state index contributed by atoms with van der Waals surface area (Å²) in [4.78, 5) is 15.3. The van der Waals surface area contributed by atoms with Gasteiger partial charge in [-0.15, -0.1) is 0 Å². The molecule has 0 aliphatic carbocycles. The molecule has 1 aliphatic heterocycles. The Hall–Kier alpha value is -0.505. The predicted molar refractivity (Wildman–Crippen MR) is 51.6 cm³/mol. The molecule has 1 fully saturated rings. The number of carbonyl (C=O) groups is 1. The molecule has 0 aromatic heterocycles. The standard InChI is InChI=1S/C8H17BN2O/c1-8(2,3)10-4-5-11(9)7(12)6-10/h4-6,9H2,1-3H3. The topological polar surface area (TPSA) is 23.6 Å². The highest BCUT2D eigenvalue weighted by atomic mass is 16.2. The zero-order valence-electron chi connectivity index (χ0n) is 8.42. The van der Waals surface area contributed by atoms with Crippen molar-refractivity contribution in [1.82, 2.24) is 9.71 Å². The molecule has 12 heavy (non-hydrogen) atoms. The van der Waals surface area contributed by atoms with Gasteiger partial charge in [-0.2, -0.15) is 0 Å². The summed E-state index contributed by atoms with van der Waals surface area (Å²) in [5, 5.41) is 0. The second-order valence-electron chi connectivity index (χ2n) is 4.41. The Balaban J connectivity index is 2.57. The van der Waals surface area contributed by atoms with Gasteiger partial charge >= 0.3 is 0 Å². The van der Waals surface area contributed by atoms with Crippen molar-refractivity contribution in [2.75, 3.05) is 19.6 Å². The highest BCUT2D eigenvalue weighted by Crippen LogP contribution is 2.15. The summed E-state index contributed by atoms with van der Waals surface area (Å²) >= 11 is 0. The van der Waals surface area contributed by atoms with Crippen molar-refractivity contribution in [2.45, 2.75) is 26.3 Å². The zero-order chi connectivity index (χ0) is 9.35. The first-order valence-corrected chi connectivity index (χ1v) is 4.40. The molecule has 68 valence electrons. The summed E-state index contributed by atoms with van der Waals surface area (Å²) in [6, 6.07) is 0. The third-order valence-electron chi connectivity index (χ3n) is 2.41. The minimum absolute atomic E-state index is 0.122. The van der Waals surface area contributed by atoms with Crippen LogP contribution in [-0.4, -0.2) is 48.8 Å². The van der Waals surface area contributed by atoms with E-state index < -0.39 is 0 Å². The Bertz CT molecular complexity index is 188. The van der Waals surface area contributed by atoms with Crippen LogP contribution in [0.3, 0.4) is 0 Å². The van der Waals surface area contributed by atoms with E-state index in [1.807, 2.05) is 7.98 Å². The van der Waals surface area contributed by atoms with E-state index in [1.165, 1.54) is 0 Å². The fourth-order valence-electron chi connectivity index (χ4n) is 1.33. The second-order valence-corrected chi connectivity index (χ2v) is 4.41. The molecule has 0 radical (unpaired) electrons. The lowest BCUT2D eigenvalue weighted by Crippen LogP contribution is -2.55. The van der Waals surface area contributed by atoms with Gasteiger partial charge in [0.15, 0.2) is 0 Å². The number of carbonyl (C=O) groups excluding carboxylic acids is 1. The zero-order valence-corrected chi connectivity index (χ0v) is 8.42. The van der Waals surface area contributed by atoms with Crippen LogP contribution in [0.1, 0.15) is 20.8 Å². The quantitative estimate of drug-likeness (QED) is 0.454. The number of amides is 1. The highest BCUT2D eigenvalue weighted by molar-refractivity contribution is 6.14. The third-order valence-corrected chi connectivity index (χ3v) is 2.41. The maximum atomic E-state index is 11.3. The van der Waals surface area contributed by atoms with Crippen LogP contribution in [0.4, 0.5) is 0 Å². The predicted octanol–water partition coefficient (Wildman–Crippen LogP) is -0.523. The van der Waals surface area contributed by atoms with Crippen LogP contribution >= 0.6 is 0 Å². The number of rotatable bonds is 0. The molecule has 0 bridgehead atoms. The lowest BCUT2D eigenvalue weighted by molar-refractivity contribution is -0.132. The Morgan fingerprint density at radius 3 is 2.33 bits per heavy atom. The van der Waals surface area contributed by atoms with Gasteiger partial charge in [0, 0.05) is 18.6 Å². The van der Waals surface area contributed by atoms with Gasteiger partial charge in [-0.25, -0.2) is 0 Å². The van der Waals surface area contributed by atoms with Gasteiger partial charge < -0.3 is 4.81 Å². The van der Waals surface area contributed by atoms with Crippen molar-refractivity contribution >= 4 is 13.9 Å². The summed E-state index contributed by atoms with van der Waals surface area (Å²) in [5.74, 6) is 0.233. The molecule has 0 aromatic carbocycles. The first-order valence-electron chi connectivity index (χ1n) is 4.40. The lowest BCUT2D eigenvalue weighted by atomic mass is 10.0. The molecule has 3 nitrogen and oxygen atoms in total. The van der Waals surface area contributed by atoms with E-state index in [1.54, 1.807) is 4.81 Å². The Labute approximate surface area is 75.1 Å². The van der Waals surface area contributed by atoms with Gasteiger partial charge in [0.1, 0.15) is 0 Å². The van der Waals surface area contributed by atoms with Gasteiger partial charge in [-0.3, -0.25) is 9.69 Å². The number of hydrogen-bond acceptors (Lipinski definition) is 2. The minimum Gasteiger partial charge on any atom is -0.391 e. The smallest absolute Gasteiger partial charge is 0.224 e. The number of nitrogens with zero attached hydrogens (tertiary/aromatic N) is 2. The molecule has 1 saturated heterocycles. The largest absolute Gasteiger partial charge is 0.391 e. The van der Waals surface area contributed by atoms with Crippen LogP contribution in [0.15, 0.2) is 0 Å². The molecule has 0 atom stereocenters. The van der Waals surface area contributed by atoms with Crippen molar-refractivity contribution in [3.63, 3.8) is 0 Å². The molecule has 4 heteroatoms. The van der Waals surface area contributed by atoms with E-state index in [0.29, 0.717) is 6.54 Å². The van der Waals surface area contributed by atoms with Crippen LogP contribution in [0.25, 0.3) is 0 Å². The van der Waals surface area contributed by atoms with E-state index in [9.17, 15) is 4.79 Å². The highest BCUT2D eigenvalue weighted by Gasteiger charge is 2.28. The van der Waals surface area contributed by atoms with Gasteiger partial charge in [-0.1, -0.05) is 0 Å². The molecule has 0 N–H and O–H groups in total. The van der Waals surface area contributed by atoms with Crippen LogP contribution in [0.5, 0.6) is 0 Å². The SMILES string of the molecule is BN1CCN(C(C)(C)C)CC1=O. The maximum Gasteiger partial charge on any atom is 0.224 e. The molecule has 1 rings (SSSR count). The van der Waals surface area contributed by atoms with Gasteiger partial charge in [-0.05, 0) is 20.8 Å². The minimum atomic E-state index is 0.122. The molecule has 1 amide bonds. The number of hydrogen-bond donors (Lipinski definition) is 0. The molecule has 0 unspecified atom stereocenters. The van der Waals surface area contributed by atoms with Crippen molar-refractivity contribution in [3.8, 4) is 0 Å². The van der Waals surface area contributed by atoms with Crippen LogP contribution < -0.4 is 0 Å². The second kappa shape index (κ2) is 3.09. The monoisotopic (exact) mass is 168 g/mol. The lowest BCUT2D eigenvalue weighted by Gasteiger charge is -2.40. The van der Waals surface area contributed by atoms with Gasteiger partial charge in [0.25, 0.3) is 0 Å². The molecule has 1 heterocycles. The molecule has 1 aliphatic rings. The van der Waals surface area contributed by atoms with Gasteiger partial charge in [0.2, 0.25) is 13.9 Å². The van der Waals surface area contributed by atoms with Crippen LogP contribution in [0.2, 0.25) is 0 Å². The van der Waals surface area contributed by atoms with E-state index in [4.69, 9.17) is 0 Å². The van der Waals surface area contributed by atoms with E-state index in [0.717, 1.165) is 13.1 Å². The van der Waals surface area contributed by atoms with E-state index >= 15 is 0 Å². The number of piperazine rings is 1. The maximum absolute atomic E-state index is 11.3. The van der Waals surface area contributed by atoms with Crippen molar-refractivity contribution < 1.29 is 4.79 Å². The molecular weight excluding hydrogens is 151 g/mol. The third kappa shape index (κ3) is 2.00. The average Bonchev–Trinajstić information content (AvgIpc) is 1.92. The fourth-order valence-corrected chi connectivity index (χ4v) is 1.33. The van der Waals surface area contributed by atoms with E-state index in [-0.39, 0.29) is 11.4 Å². The van der Waals surface area contributed by atoms with Crippen LogP contribution in [-0.2, 0) is 4.79 Å². The summed E-state index contributed by atoms with van der Waals surface area (Å²) in [6.45, 7) is 8.85. The summed E-state index contributed by atoms with van der Waals surface area (Å²) in [5.41, 5.74) is 0.122. The van der Waals surface area contributed by atoms with Gasteiger partial charge in [0.05, 0.1) is 6.54 Å². The summed E-state index contributed by atoms with van der Waals surface area (Å²) in [7, 11) is 1.86. The summed E-state index contributed by atoms with van der Waals surface area (Å²) < 4.78 is 0. The normalized spacial score (nSPS) is 21.6. The van der Waals surface area contributed by atoms with Crippen molar-refractivity contribution in [3.05, 3.63) is 0 Å². The summed E-state index contributed by atoms with van der Waals surface area (Å²) in [6.07, 6.45) is 0. The molecule has 0 saturated carbocycles. The van der Waals surface area contributed by atoms with Crippen LogP contribution in [0, 0.1) is 0 Å².